The van der Waals surface area contributed by atoms with Gasteiger partial charge >= 0.3 is 0 Å². The average Bonchev–Trinajstić information content (AvgIpc) is 3.59. The van der Waals surface area contributed by atoms with Crippen LogP contribution in [-0.2, 0) is 0 Å². The van der Waals surface area contributed by atoms with Crippen molar-refractivity contribution in [1.82, 2.24) is 9.88 Å². The van der Waals surface area contributed by atoms with Crippen molar-refractivity contribution in [3.63, 3.8) is 0 Å². The number of hydrogen-bond acceptors (Lipinski definition) is 5. The molecule has 4 aromatic rings. The third-order valence-electron chi connectivity index (χ3n) is 6.27. The maximum Gasteiger partial charge on any atom is 0.275 e. The van der Waals surface area contributed by atoms with Gasteiger partial charge in [0.2, 0.25) is 0 Å². The van der Waals surface area contributed by atoms with Crippen molar-refractivity contribution < 1.29 is 13.6 Å². The number of amides is 1. The molecule has 8 heteroatoms. The summed E-state index contributed by atoms with van der Waals surface area (Å²) in [6, 6.07) is 15.2. The Morgan fingerprint density at radius 2 is 2.00 bits per heavy atom. The molecule has 1 amide bonds. The first-order valence-corrected chi connectivity index (χ1v) is 13.1. The molecule has 5 rings (SSSR count). The van der Waals surface area contributed by atoms with E-state index in [1.54, 1.807) is 42.0 Å². The minimum Gasteiger partial charge on any atom is -0.465 e. The Morgan fingerprint density at radius 1 is 1.19 bits per heavy atom. The molecule has 2 aromatic heterocycles. The highest BCUT2D eigenvalue weighted by atomic mass is 35.5. The second kappa shape index (κ2) is 11.2. The molecule has 0 aliphatic carbocycles. The number of benzene rings is 2. The van der Waals surface area contributed by atoms with Gasteiger partial charge in [-0.05, 0) is 80.0 Å². The number of halogens is 2. The summed E-state index contributed by atoms with van der Waals surface area (Å²) in [5, 5.41) is 6.29. The van der Waals surface area contributed by atoms with Crippen molar-refractivity contribution in [2.45, 2.75) is 18.8 Å². The van der Waals surface area contributed by atoms with Gasteiger partial charge in [0.15, 0.2) is 0 Å². The van der Waals surface area contributed by atoms with Crippen LogP contribution in [0.5, 0.6) is 0 Å². The fourth-order valence-corrected chi connectivity index (χ4v) is 5.42. The van der Waals surface area contributed by atoms with E-state index in [1.807, 2.05) is 18.2 Å². The molecule has 1 aliphatic heterocycles. The van der Waals surface area contributed by atoms with E-state index < -0.39 is 0 Å². The number of piperidine rings is 1. The van der Waals surface area contributed by atoms with E-state index in [0.29, 0.717) is 27.9 Å². The molecule has 1 saturated heterocycles. The summed E-state index contributed by atoms with van der Waals surface area (Å²) < 4.78 is 19.3. The highest BCUT2D eigenvalue weighted by molar-refractivity contribution is 7.10. The van der Waals surface area contributed by atoms with Crippen LogP contribution in [0.3, 0.4) is 0 Å². The maximum absolute atomic E-state index is 14.0. The molecular formula is C28H25ClFN3O2S. The monoisotopic (exact) mass is 521 g/mol. The zero-order chi connectivity index (χ0) is 24.9. The van der Waals surface area contributed by atoms with Crippen LogP contribution in [0, 0.1) is 5.82 Å². The Hall–Kier alpha value is -3.26. The zero-order valence-corrected chi connectivity index (χ0v) is 21.1. The molecule has 0 saturated carbocycles. The van der Waals surface area contributed by atoms with Crippen LogP contribution in [0.4, 0.5) is 10.1 Å². The molecule has 2 aromatic carbocycles. The van der Waals surface area contributed by atoms with Crippen molar-refractivity contribution in [2.24, 2.45) is 0 Å². The average molecular weight is 522 g/mol. The van der Waals surface area contributed by atoms with E-state index >= 15 is 0 Å². The molecule has 5 nitrogen and oxygen atoms in total. The fraction of sp³-hybridized carbons (Fsp3) is 0.214. The van der Waals surface area contributed by atoms with Gasteiger partial charge in [-0.3, -0.25) is 9.69 Å². The van der Waals surface area contributed by atoms with E-state index in [1.165, 1.54) is 23.5 Å². The van der Waals surface area contributed by atoms with E-state index in [-0.39, 0.29) is 11.7 Å². The Kier molecular flexibility index (Phi) is 7.60. The molecule has 0 radical (unpaired) electrons. The second-order valence-corrected chi connectivity index (χ2v) is 10.0. The molecule has 184 valence electrons. The number of likely N-dealkylation sites (tertiary alicyclic amines) is 1. The van der Waals surface area contributed by atoms with Crippen molar-refractivity contribution >= 4 is 40.6 Å². The Bertz CT molecular complexity index is 1340. The van der Waals surface area contributed by atoms with Crippen LogP contribution in [0.15, 0.2) is 76.7 Å². The largest absolute Gasteiger partial charge is 0.465 e. The van der Waals surface area contributed by atoms with E-state index in [4.69, 9.17) is 16.0 Å². The van der Waals surface area contributed by atoms with Gasteiger partial charge < -0.3 is 9.73 Å². The Morgan fingerprint density at radius 3 is 2.75 bits per heavy atom. The summed E-state index contributed by atoms with van der Waals surface area (Å²) in [6.45, 7) is 2.84. The van der Waals surface area contributed by atoms with Crippen molar-refractivity contribution in [3.05, 3.63) is 99.6 Å². The second-order valence-electron chi connectivity index (χ2n) is 8.71. The third kappa shape index (κ3) is 5.93. The predicted octanol–water partition coefficient (Wildman–Crippen LogP) is 7.34. The number of carbonyl (C=O) groups excluding carboxylic acids is 1. The van der Waals surface area contributed by atoms with Crippen molar-refractivity contribution in [1.29, 1.82) is 0 Å². The number of carbonyl (C=O) groups is 1. The number of nitrogens with one attached hydrogen (secondary N) is 1. The van der Waals surface area contributed by atoms with Gasteiger partial charge in [0, 0.05) is 34.1 Å². The molecule has 1 N–H and O–H groups in total. The fourth-order valence-electron chi connectivity index (χ4n) is 4.33. The zero-order valence-electron chi connectivity index (χ0n) is 19.5. The molecule has 0 spiro atoms. The lowest BCUT2D eigenvalue weighted by Gasteiger charge is -2.30. The lowest BCUT2D eigenvalue weighted by molar-refractivity contribution is 0.102. The highest BCUT2D eigenvalue weighted by Crippen LogP contribution is 2.32. The summed E-state index contributed by atoms with van der Waals surface area (Å²) in [4.78, 5) is 20.1. The number of thiazole rings is 1. The van der Waals surface area contributed by atoms with Gasteiger partial charge in [0.05, 0.1) is 11.3 Å². The molecular weight excluding hydrogens is 497 g/mol. The molecule has 1 aliphatic rings. The van der Waals surface area contributed by atoms with E-state index in [2.05, 4.69) is 21.3 Å². The Balaban J connectivity index is 1.20. The first-order chi connectivity index (χ1) is 17.5. The lowest BCUT2D eigenvalue weighted by Crippen LogP contribution is -2.33. The van der Waals surface area contributed by atoms with Gasteiger partial charge in [0.25, 0.3) is 5.91 Å². The van der Waals surface area contributed by atoms with Crippen LogP contribution < -0.4 is 5.32 Å². The number of hydrogen-bond donors (Lipinski definition) is 1. The number of nitrogens with zero attached hydrogens (tertiary/aromatic N) is 2. The smallest absolute Gasteiger partial charge is 0.275 e. The number of anilines is 1. The topological polar surface area (TPSA) is 58.4 Å². The molecule has 1 fully saturated rings. The quantitative estimate of drug-likeness (QED) is 0.276. The molecule has 0 atom stereocenters. The molecule has 0 bridgehead atoms. The van der Waals surface area contributed by atoms with E-state index in [9.17, 15) is 9.18 Å². The molecule has 3 heterocycles. The number of aromatic nitrogens is 1. The van der Waals surface area contributed by atoms with Crippen LogP contribution >= 0.6 is 22.9 Å². The van der Waals surface area contributed by atoms with E-state index in [0.717, 1.165) is 48.8 Å². The summed E-state index contributed by atoms with van der Waals surface area (Å²) in [5.74, 6) is 0.521. The van der Waals surface area contributed by atoms with Gasteiger partial charge in [0.1, 0.15) is 17.3 Å². The van der Waals surface area contributed by atoms with Crippen molar-refractivity contribution in [2.75, 3.05) is 25.0 Å². The van der Waals surface area contributed by atoms with Gasteiger partial charge in [-0.1, -0.05) is 29.8 Å². The standard InChI is InChI=1S/C28H25ClFN3O2S/c29-21-7-5-19(6-8-21)24-17-22(30)9-10-25(24)31-27(34)26-18-36-28(32-26)20-11-14-33(15-12-20)13-1-3-23-4-2-16-35-23/h1-10,16-18,20H,11-15H2,(H,31,34)/b3-1-. The highest BCUT2D eigenvalue weighted by Gasteiger charge is 2.24. The normalized spacial score (nSPS) is 14.9. The number of rotatable bonds is 7. The summed E-state index contributed by atoms with van der Waals surface area (Å²) in [5.41, 5.74) is 2.25. The van der Waals surface area contributed by atoms with Gasteiger partial charge in [-0.2, -0.15) is 0 Å². The number of furan rings is 1. The maximum atomic E-state index is 14.0. The predicted molar refractivity (Wildman–Crippen MR) is 143 cm³/mol. The first kappa shape index (κ1) is 24.4. The summed E-state index contributed by atoms with van der Waals surface area (Å²) in [6.07, 6.45) is 7.80. The molecule has 0 unspecified atom stereocenters. The van der Waals surface area contributed by atoms with Crippen LogP contribution in [-0.4, -0.2) is 35.4 Å². The summed E-state index contributed by atoms with van der Waals surface area (Å²) in [7, 11) is 0. The SMILES string of the molecule is O=C(Nc1ccc(F)cc1-c1ccc(Cl)cc1)c1csc(C2CCN(C/C=C\c3ccco3)CC2)n1. The minimum atomic E-state index is -0.378. The van der Waals surface area contributed by atoms with Crippen LogP contribution in [0.2, 0.25) is 5.02 Å². The first-order valence-electron chi connectivity index (χ1n) is 11.8. The van der Waals surface area contributed by atoms with Crippen molar-refractivity contribution in [3.8, 4) is 11.1 Å². The van der Waals surface area contributed by atoms with Gasteiger partial charge in [-0.15, -0.1) is 11.3 Å². The lowest BCUT2D eigenvalue weighted by atomic mass is 9.97. The minimum absolute atomic E-state index is 0.306. The Labute approximate surface area is 218 Å². The summed E-state index contributed by atoms with van der Waals surface area (Å²) >= 11 is 7.52. The van der Waals surface area contributed by atoms with Crippen LogP contribution in [0.25, 0.3) is 17.2 Å². The van der Waals surface area contributed by atoms with Gasteiger partial charge in [-0.25, -0.2) is 9.37 Å². The van der Waals surface area contributed by atoms with Crippen LogP contribution in [0.1, 0.15) is 40.0 Å². The third-order valence-corrected chi connectivity index (χ3v) is 7.52. The molecule has 36 heavy (non-hydrogen) atoms.